The van der Waals surface area contributed by atoms with Crippen LogP contribution in [-0.4, -0.2) is 4.89 Å². The normalized spacial score (nSPS) is 14.2. The molecule has 0 saturated carbocycles. The molecule has 0 aliphatic heterocycles. The molecule has 0 amide bonds. The molecule has 1 aromatic rings. The maximum atomic E-state index is 11.1. The third-order valence-electron chi connectivity index (χ3n) is 1.41. The summed E-state index contributed by atoms with van der Waals surface area (Å²) in [5.41, 5.74) is 0.670. The fourth-order valence-corrected chi connectivity index (χ4v) is 1.77. The molecular weight excluding hydrogens is 189 g/mol. The van der Waals surface area contributed by atoms with E-state index >= 15 is 0 Å². The lowest BCUT2D eigenvalue weighted by atomic mass is 10.2. The Kier molecular flexibility index (Phi) is 3.07. The molecule has 68 valence electrons. The Morgan fingerprint density at radius 3 is 2.62 bits per heavy atom. The molecule has 0 saturated heterocycles. The maximum absolute atomic E-state index is 11.1. The van der Waals surface area contributed by atoms with Crippen molar-refractivity contribution in [1.29, 1.82) is 5.26 Å². The van der Waals surface area contributed by atoms with Crippen molar-refractivity contribution >= 4 is 7.60 Å². The molecule has 0 aromatic heterocycles. The van der Waals surface area contributed by atoms with Crippen molar-refractivity contribution in [3.05, 3.63) is 35.9 Å². The van der Waals surface area contributed by atoms with E-state index in [2.05, 4.69) is 4.52 Å². The van der Waals surface area contributed by atoms with Crippen molar-refractivity contribution in [3.8, 4) is 6.26 Å². The largest absolute Gasteiger partial charge is 0.390 e. The van der Waals surface area contributed by atoms with Crippen LogP contribution in [0.3, 0.4) is 0 Å². The summed E-state index contributed by atoms with van der Waals surface area (Å²) in [6, 6.07) is 8.70. The lowest BCUT2D eigenvalue weighted by Crippen LogP contribution is -1.88. The molecule has 0 bridgehead atoms. The molecule has 1 atom stereocenters. The zero-order valence-electron chi connectivity index (χ0n) is 6.75. The molecule has 0 spiro atoms. The smallest absolute Gasteiger partial charge is 0.349 e. The first-order chi connectivity index (χ1) is 6.14. The summed E-state index contributed by atoms with van der Waals surface area (Å²) in [6.45, 7) is 0. The predicted molar refractivity (Wildman–Crippen MR) is 46.7 cm³/mol. The summed E-state index contributed by atoms with van der Waals surface area (Å²) in [6.07, 6.45) is 1.08. The molecule has 4 nitrogen and oxygen atoms in total. The molecule has 1 unspecified atom stereocenters. The van der Waals surface area contributed by atoms with Crippen LogP contribution in [0.4, 0.5) is 0 Å². The fourth-order valence-electron chi connectivity index (χ4n) is 0.910. The Morgan fingerprint density at radius 1 is 1.46 bits per heavy atom. The molecule has 1 aromatic carbocycles. The molecule has 0 aliphatic carbocycles. The molecule has 0 fully saturated rings. The molecular formula is C8H8NO3P. The minimum absolute atomic E-state index is 0.138. The molecule has 1 rings (SSSR count). The van der Waals surface area contributed by atoms with Crippen LogP contribution >= 0.6 is 7.60 Å². The highest BCUT2D eigenvalue weighted by Crippen LogP contribution is 2.44. The van der Waals surface area contributed by atoms with Crippen molar-refractivity contribution in [3.63, 3.8) is 0 Å². The minimum atomic E-state index is -3.78. The molecule has 1 N–H and O–H groups in total. The third-order valence-corrected chi connectivity index (χ3v) is 2.54. The van der Waals surface area contributed by atoms with Gasteiger partial charge in [-0.15, -0.1) is 5.26 Å². The molecule has 13 heavy (non-hydrogen) atoms. The average Bonchev–Trinajstić information content (AvgIpc) is 2.04. The van der Waals surface area contributed by atoms with Crippen LogP contribution in [0, 0.1) is 11.5 Å². The van der Waals surface area contributed by atoms with E-state index in [1.54, 1.807) is 30.3 Å². The summed E-state index contributed by atoms with van der Waals surface area (Å²) in [5, 5.41) is 8.08. The Labute approximate surface area is 75.9 Å². The highest BCUT2D eigenvalue weighted by atomic mass is 31.2. The first kappa shape index (κ1) is 9.79. The molecule has 0 heterocycles. The van der Waals surface area contributed by atoms with Gasteiger partial charge < -0.3 is 9.42 Å². The van der Waals surface area contributed by atoms with Gasteiger partial charge in [0.15, 0.2) is 0 Å². The van der Waals surface area contributed by atoms with E-state index in [4.69, 9.17) is 10.2 Å². The van der Waals surface area contributed by atoms with Crippen LogP contribution in [0.5, 0.6) is 0 Å². The summed E-state index contributed by atoms with van der Waals surface area (Å²) in [4.78, 5) is 9.08. The van der Waals surface area contributed by atoms with Gasteiger partial charge in [-0.25, -0.2) is 4.57 Å². The van der Waals surface area contributed by atoms with E-state index in [9.17, 15) is 4.57 Å². The van der Waals surface area contributed by atoms with Crippen LogP contribution in [0.25, 0.3) is 0 Å². The van der Waals surface area contributed by atoms with Gasteiger partial charge in [-0.3, -0.25) is 0 Å². The maximum Gasteiger partial charge on any atom is 0.390 e. The number of hydrogen-bond acceptors (Lipinski definition) is 3. The quantitative estimate of drug-likeness (QED) is 0.593. The standard InChI is InChI=1S/C8H8NO3P/c9-7-12-13(10,11)6-8-4-2-1-3-5-8/h1-5H,6H2,(H,10,11). The van der Waals surface area contributed by atoms with Crippen LogP contribution in [0.15, 0.2) is 30.3 Å². The summed E-state index contributed by atoms with van der Waals surface area (Å²) < 4.78 is 15.1. The van der Waals surface area contributed by atoms with Gasteiger partial charge in [-0.2, -0.15) is 0 Å². The summed E-state index contributed by atoms with van der Waals surface area (Å²) >= 11 is 0. The van der Waals surface area contributed by atoms with Crippen molar-refractivity contribution in [2.45, 2.75) is 6.16 Å². The number of hydrogen-bond donors (Lipinski definition) is 1. The predicted octanol–water partition coefficient (Wildman–Crippen LogP) is 1.87. The highest BCUT2D eigenvalue weighted by Gasteiger charge is 2.20. The van der Waals surface area contributed by atoms with E-state index in [1.807, 2.05) is 0 Å². The Hall–Kier alpha value is -1.30. The van der Waals surface area contributed by atoms with Gasteiger partial charge in [0.2, 0.25) is 0 Å². The van der Waals surface area contributed by atoms with Crippen molar-refractivity contribution in [1.82, 2.24) is 0 Å². The van der Waals surface area contributed by atoms with Crippen LogP contribution in [0.1, 0.15) is 5.56 Å². The van der Waals surface area contributed by atoms with Gasteiger partial charge >= 0.3 is 7.60 Å². The number of benzene rings is 1. The van der Waals surface area contributed by atoms with Gasteiger partial charge in [0.25, 0.3) is 6.26 Å². The lowest BCUT2D eigenvalue weighted by molar-refractivity contribution is 0.357. The number of nitriles is 1. The van der Waals surface area contributed by atoms with Crippen LogP contribution in [0.2, 0.25) is 0 Å². The molecule has 5 heteroatoms. The fraction of sp³-hybridized carbons (Fsp3) is 0.125. The van der Waals surface area contributed by atoms with Gasteiger partial charge in [0.05, 0.1) is 6.16 Å². The second-order valence-electron chi connectivity index (χ2n) is 2.46. The number of rotatable bonds is 3. The first-order valence-corrected chi connectivity index (χ1v) is 5.34. The van der Waals surface area contributed by atoms with Gasteiger partial charge in [0, 0.05) is 0 Å². The zero-order valence-corrected chi connectivity index (χ0v) is 7.65. The van der Waals surface area contributed by atoms with E-state index < -0.39 is 7.60 Å². The van der Waals surface area contributed by atoms with Crippen molar-refractivity contribution in [2.75, 3.05) is 0 Å². The summed E-state index contributed by atoms with van der Waals surface area (Å²) in [5.74, 6) is 0. The lowest BCUT2D eigenvalue weighted by Gasteiger charge is -2.05. The zero-order chi connectivity index (χ0) is 9.73. The van der Waals surface area contributed by atoms with E-state index in [0.29, 0.717) is 5.56 Å². The SMILES string of the molecule is N#COP(=O)(O)Cc1ccccc1. The second kappa shape index (κ2) is 4.08. The Bertz CT molecular complexity index is 357. The topological polar surface area (TPSA) is 70.3 Å². The Morgan fingerprint density at radius 2 is 2.08 bits per heavy atom. The minimum Gasteiger partial charge on any atom is -0.349 e. The highest BCUT2D eigenvalue weighted by molar-refractivity contribution is 7.52. The first-order valence-electron chi connectivity index (χ1n) is 3.57. The van der Waals surface area contributed by atoms with Crippen molar-refractivity contribution in [2.24, 2.45) is 0 Å². The third kappa shape index (κ3) is 3.29. The van der Waals surface area contributed by atoms with E-state index in [0.717, 1.165) is 0 Å². The van der Waals surface area contributed by atoms with Gasteiger partial charge in [-0.1, -0.05) is 30.3 Å². The monoisotopic (exact) mass is 197 g/mol. The van der Waals surface area contributed by atoms with Gasteiger partial charge in [-0.05, 0) is 5.56 Å². The van der Waals surface area contributed by atoms with Gasteiger partial charge in [0.1, 0.15) is 0 Å². The van der Waals surface area contributed by atoms with Crippen LogP contribution < -0.4 is 0 Å². The van der Waals surface area contributed by atoms with E-state index in [-0.39, 0.29) is 6.16 Å². The van der Waals surface area contributed by atoms with E-state index in [1.165, 1.54) is 6.26 Å². The summed E-state index contributed by atoms with van der Waals surface area (Å²) in [7, 11) is -3.78. The average molecular weight is 197 g/mol. The Balaban J connectivity index is 2.71. The molecule has 0 radical (unpaired) electrons. The van der Waals surface area contributed by atoms with Crippen LogP contribution in [-0.2, 0) is 15.3 Å². The molecule has 0 aliphatic rings. The second-order valence-corrected chi connectivity index (χ2v) is 4.24. The number of nitrogens with zero attached hydrogens (tertiary/aromatic N) is 1. The van der Waals surface area contributed by atoms with Crippen molar-refractivity contribution < 1.29 is 14.0 Å².